The third kappa shape index (κ3) is 3.33. The zero-order valence-electron chi connectivity index (χ0n) is 15.2. The van der Waals surface area contributed by atoms with Crippen LogP contribution in [0, 0.1) is 6.92 Å². The minimum Gasteiger partial charge on any atom is -0.400 e. The van der Waals surface area contributed by atoms with Gasteiger partial charge in [-0.3, -0.25) is 0 Å². The van der Waals surface area contributed by atoms with Crippen LogP contribution in [0.2, 0.25) is 0 Å². The zero-order chi connectivity index (χ0) is 17.4. The maximum absolute atomic E-state index is 6.17. The molecule has 3 heteroatoms. The first-order valence-corrected chi connectivity index (χ1v) is 8.48. The highest BCUT2D eigenvalue weighted by Crippen LogP contribution is 2.38. The third-order valence-corrected chi connectivity index (χ3v) is 4.99. The molecule has 24 heavy (non-hydrogen) atoms. The van der Waals surface area contributed by atoms with E-state index in [1.165, 1.54) is 11.1 Å². The van der Waals surface area contributed by atoms with Crippen molar-refractivity contribution in [3.8, 4) is 0 Å². The molecule has 3 rings (SSSR count). The van der Waals surface area contributed by atoms with Crippen molar-refractivity contribution in [2.75, 3.05) is 0 Å². The van der Waals surface area contributed by atoms with Crippen molar-refractivity contribution in [3.05, 3.63) is 77.3 Å². The highest BCUT2D eigenvalue weighted by Gasteiger charge is 2.50. The Morgan fingerprint density at radius 1 is 0.833 bits per heavy atom. The normalized spacial score (nSPS) is 19.5. The number of hydrogen-bond donors (Lipinski definition) is 0. The van der Waals surface area contributed by atoms with Crippen LogP contribution in [0.1, 0.15) is 44.4 Å². The molecule has 0 spiro atoms. The zero-order valence-corrected chi connectivity index (χ0v) is 15.2. The van der Waals surface area contributed by atoms with E-state index in [2.05, 4.69) is 89.1 Å². The molecule has 1 fully saturated rings. The first kappa shape index (κ1) is 17.0. The van der Waals surface area contributed by atoms with Crippen molar-refractivity contribution in [1.82, 2.24) is 0 Å². The van der Waals surface area contributed by atoms with E-state index < -0.39 is 0 Å². The van der Waals surface area contributed by atoms with Gasteiger partial charge in [-0.2, -0.15) is 0 Å². The minimum absolute atomic E-state index is 0.331. The lowest BCUT2D eigenvalue weighted by molar-refractivity contribution is 0.00578. The van der Waals surface area contributed by atoms with E-state index in [9.17, 15) is 0 Å². The van der Waals surface area contributed by atoms with Gasteiger partial charge in [0.1, 0.15) is 0 Å². The van der Waals surface area contributed by atoms with E-state index in [0.29, 0.717) is 0 Å². The summed E-state index contributed by atoms with van der Waals surface area (Å²) in [4.78, 5) is 0. The summed E-state index contributed by atoms with van der Waals surface area (Å²) in [5, 5.41) is 0. The molecule has 1 heterocycles. The molecule has 124 valence electrons. The molecular formula is C21H25BO2. The molecule has 0 saturated carbocycles. The maximum atomic E-state index is 6.17. The van der Waals surface area contributed by atoms with Gasteiger partial charge in [0.15, 0.2) is 0 Å². The van der Waals surface area contributed by atoms with Crippen LogP contribution in [0.3, 0.4) is 0 Å². The van der Waals surface area contributed by atoms with Gasteiger partial charge in [0.05, 0.1) is 11.2 Å². The summed E-state index contributed by atoms with van der Waals surface area (Å²) in [5.74, 6) is 2.10. The molecule has 0 amide bonds. The molecule has 2 nitrogen and oxygen atoms in total. The monoisotopic (exact) mass is 320 g/mol. The highest BCUT2D eigenvalue weighted by molar-refractivity contribution is 6.53. The van der Waals surface area contributed by atoms with Crippen molar-refractivity contribution < 1.29 is 9.31 Å². The van der Waals surface area contributed by atoms with Crippen LogP contribution in [0.15, 0.2) is 60.6 Å². The van der Waals surface area contributed by atoms with Crippen molar-refractivity contribution in [2.45, 2.75) is 45.8 Å². The smallest absolute Gasteiger partial charge is 0.400 e. The largest absolute Gasteiger partial charge is 0.487 e. The maximum Gasteiger partial charge on any atom is 0.487 e. The van der Waals surface area contributed by atoms with Gasteiger partial charge in [-0.25, -0.2) is 0 Å². The topological polar surface area (TPSA) is 18.5 Å². The molecule has 2 aromatic carbocycles. The quantitative estimate of drug-likeness (QED) is 0.736. The Balaban J connectivity index is 2.03. The molecule has 1 saturated heterocycles. The van der Waals surface area contributed by atoms with Gasteiger partial charge in [-0.15, -0.1) is 0 Å². The average Bonchev–Trinajstić information content (AvgIpc) is 2.73. The summed E-state index contributed by atoms with van der Waals surface area (Å²) in [6, 6.07) is 18.9. The summed E-state index contributed by atoms with van der Waals surface area (Å²) in [7, 11) is -0.356. The fourth-order valence-electron chi connectivity index (χ4n) is 2.88. The summed E-state index contributed by atoms with van der Waals surface area (Å²) >= 11 is 0. The molecular weight excluding hydrogens is 295 g/mol. The standard InChI is InChI=1S/C21H25BO2/c1-16-10-9-13-18(14-16)19(17-11-7-6-8-12-17)15-22-23-20(2,3)21(4,5)24-22/h6-15H,1-5H3/b19-15+. The van der Waals surface area contributed by atoms with Gasteiger partial charge in [-0.1, -0.05) is 60.2 Å². The Labute approximate surface area is 145 Å². The van der Waals surface area contributed by atoms with Crippen LogP contribution in [0.25, 0.3) is 5.57 Å². The average molecular weight is 320 g/mol. The SMILES string of the molecule is Cc1cccc(/C(=C/B2OC(C)(C)C(C)(C)O2)c2ccccc2)c1. The summed E-state index contributed by atoms with van der Waals surface area (Å²) in [5.41, 5.74) is 4.06. The molecule has 0 atom stereocenters. The molecule has 0 radical (unpaired) electrons. The summed E-state index contributed by atoms with van der Waals surface area (Å²) < 4.78 is 12.3. The van der Waals surface area contributed by atoms with E-state index in [4.69, 9.17) is 9.31 Å². The van der Waals surface area contributed by atoms with Crippen LogP contribution < -0.4 is 0 Å². The second-order valence-corrected chi connectivity index (χ2v) is 7.44. The van der Waals surface area contributed by atoms with Gasteiger partial charge < -0.3 is 9.31 Å². The van der Waals surface area contributed by atoms with E-state index in [1.807, 2.05) is 6.07 Å². The Hall–Kier alpha value is -1.84. The molecule has 0 unspecified atom stereocenters. The van der Waals surface area contributed by atoms with Crippen LogP contribution in [0.4, 0.5) is 0 Å². The Morgan fingerprint density at radius 2 is 1.42 bits per heavy atom. The molecule has 2 aromatic rings. The predicted molar refractivity (Wildman–Crippen MR) is 101 cm³/mol. The molecule has 0 bridgehead atoms. The minimum atomic E-state index is -0.356. The molecule has 1 aliphatic heterocycles. The van der Waals surface area contributed by atoms with Gasteiger partial charge in [0.25, 0.3) is 0 Å². The number of benzene rings is 2. The van der Waals surface area contributed by atoms with Crippen LogP contribution in [-0.4, -0.2) is 18.3 Å². The second kappa shape index (κ2) is 6.23. The van der Waals surface area contributed by atoms with E-state index >= 15 is 0 Å². The Bertz CT molecular complexity index is 731. The Morgan fingerprint density at radius 3 is 2.00 bits per heavy atom. The van der Waals surface area contributed by atoms with Crippen molar-refractivity contribution in [1.29, 1.82) is 0 Å². The van der Waals surface area contributed by atoms with Crippen LogP contribution in [0.5, 0.6) is 0 Å². The third-order valence-electron chi connectivity index (χ3n) is 4.99. The number of rotatable bonds is 3. The fourth-order valence-corrected chi connectivity index (χ4v) is 2.88. The molecule has 0 aromatic heterocycles. The molecule has 1 aliphatic rings. The van der Waals surface area contributed by atoms with Gasteiger partial charge >= 0.3 is 7.12 Å². The summed E-state index contributed by atoms with van der Waals surface area (Å²) in [6.07, 6.45) is 0. The first-order chi connectivity index (χ1) is 11.3. The van der Waals surface area contributed by atoms with E-state index in [-0.39, 0.29) is 18.3 Å². The predicted octanol–water partition coefficient (Wildman–Crippen LogP) is 5.06. The first-order valence-electron chi connectivity index (χ1n) is 8.48. The van der Waals surface area contributed by atoms with Gasteiger partial charge in [-0.05, 0) is 57.3 Å². The van der Waals surface area contributed by atoms with Crippen LogP contribution in [-0.2, 0) is 9.31 Å². The lowest BCUT2D eigenvalue weighted by Gasteiger charge is -2.32. The molecule has 0 N–H and O–H groups in total. The van der Waals surface area contributed by atoms with E-state index in [1.54, 1.807) is 0 Å². The number of aryl methyl sites for hydroxylation is 1. The lowest BCUT2D eigenvalue weighted by atomic mass is 9.82. The van der Waals surface area contributed by atoms with Crippen molar-refractivity contribution in [2.24, 2.45) is 0 Å². The van der Waals surface area contributed by atoms with Gasteiger partial charge in [0.2, 0.25) is 0 Å². The molecule has 0 aliphatic carbocycles. The van der Waals surface area contributed by atoms with Crippen LogP contribution >= 0.6 is 0 Å². The fraction of sp³-hybridized carbons (Fsp3) is 0.333. The highest BCUT2D eigenvalue weighted by atomic mass is 16.7. The summed E-state index contributed by atoms with van der Waals surface area (Å²) in [6.45, 7) is 10.4. The van der Waals surface area contributed by atoms with Gasteiger partial charge in [0, 0.05) is 0 Å². The van der Waals surface area contributed by atoms with Crippen molar-refractivity contribution in [3.63, 3.8) is 0 Å². The Kier molecular flexibility index (Phi) is 4.41. The van der Waals surface area contributed by atoms with Crippen molar-refractivity contribution >= 4 is 12.7 Å². The van der Waals surface area contributed by atoms with E-state index in [0.717, 1.165) is 11.1 Å². The second-order valence-electron chi connectivity index (χ2n) is 7.44. The number of hydrogen-bond acceptors (Lipinski definition) is 2. The lowest BCUT2D eigenvalue weighted by Crippen LogP contribution is -2.41.